The fraction of sp³-hybridized carbons (Fsp3) is 0.320. The van der Waals surface area contributed by atoms with E-state index in [0.717, 1.165) is 41.3 Å². The summed E-state index contributed by atoms with van der Waals surface area (Å²) >= 11 is 5.48. The Balaban J connectivity index is 0.000000388. The highest BCUT2D eigenvalue weighted by molar-refractivity contribution is 6.30. The normalized spacial score (nSPS) is 15.5. The summed E-state index contributed by atoms with van der Waals surface area (Å²) < 4.78 is 6.07. The van der Waals surface area contributed by atoms with Crippen LogP contribution < -0.4 is 9.64 Å². The molecule has 0 saturated carbocycles. The Morgan fingerprint density at radius 2 is 2.00 bits per heavy atom. The second-order valence-corrected chi connectivity index (χ2v) is 8.24. The minimum Gasteiger partial charge on any atom is -0.457 e. The third-order valence-electron chi connectivity index (χ3n) is 5.12. The molecule has 1 saturated heterocycles. The Morgan fingerprint density at radius 1 is 1.19 bits per heavy atom. The van der Waals surface area contributed by atoms with Crippen LogP contribution in [0, 0.1) is 0 Å². The zero-order chi connectivity index (χ0) is 22.2. The van der Waals surface area contributed by atoms with Crippen LogP contribution in [0.3, 0.4) is 0 Å². The number of rotatable bonds is 5. The summed E-state index contributed by atoms with van der Waals surface area (Å²) in [4.78, 5) is 5.87. The van der Waals surface area contributed by atoms with Crippen molar-refractivity contribution in [1.29, 1.82) is 0 Å². The van der Waals surface area contributed by atoms with Gasteiger partial charge in [-0.2, -0.15) is 0 Å². The van der Waals surface area contributed by atoms with Gasteiger partial charge in [-0.05, 0) is 54.3 Å². The van der Waals surface area contributed by atoms with E-state index < -0.39 is 0 Å². The van der Waals surface area contributed by atoms with Crippen molar-refractivity contribution in [3.8, 4) is 11.5 Å². The average molecular weight is 443 g/mol. The standard InChI is InChI=1S/C20H25NO3.C5H4ClN.H2/c1-14(2)18-5-3-4-6-20(18)24-17-7-8-19(15(11-17)13-22)21-10-9-16(23)12-21;6-5-2-1-3-7-4-5;/h3-8,11,14,16,22-23H,9-10,12-13H2,1-2H3;1-4H;1H/t16-;;/m0../s1. The third kappa shape index (κ3) is 6.44. The quantitative estimate of drug-likeness (QED) is 0.534. The molecule has 1 fully saturated rings. The fourth-order valence-electron chi connectivity index (χ4n) is 3.54. The number of aliphatic hydroxyl groups is 2. The van der Waals surface area contributed by atoms with Crippen LogP contribution in [0.1, 0.15) is 38.7 Å². The molecule has 0 spiro atoms. The molecule has 4 rings (SSSR count). The summed E-state index contributed by atoms with van der Waals surface area (Å²) in [6.45, 7) is 5.66. The molecule has 6 heteroatoms. The molecular weight excluding hydrogens is 412 g/mol. The van der Waals surface area contributed by atoms with Crippen molar-refractivity contribution in [3.63, 3.8) is 0 Å². The molecule has 2 heterocycles. The number of benzene rings is 2. The zero-order valence-corrected chi connectivity index (χ0v) is 18.7. The molecule has 3 aromatic rings. The molecule has 0 unspecified atom stereocenters. The summed E-state index contributed by atoms with van der Waals surface area (Å²) in [6, 6.07) is 17.4. The monoisotopic (exact) mass is 442 g/mol. The number of hydrogen-bond acceptors (Lipinski definition) is 5. The number of β-amino-alcohol motifs (C(OH)–C–C–N with tert-alkyl or cyclic N) is 1. The molecular formula is C25H31ClN2O3. The van der Waals surface area contributed by atoms with Crippen LogP contribution >= 0.6 is 11.6 Å². The summed E-state index contributed by atoms with van der Waals surface area (Å²) in [7, 11) is 0. The first-order valence-corrected chi connectivity index (χ1v) is 10.8. The molecule has 1 aromatic heterocycles. The Hall–Kier alpha value is -2.60. The summed E-state index contributed by atoms with van der Waals surface area (Å²) in [5.74, 6) is 1.94. The van der Waals surface area contributed by atoms with Crippen molar-refractivity contribution < 1.29 is 16.4 Å². The van der Waals surface area contributed by atoms with E-state index in [1.54, 1.807) is 24.5 Å². The fourth-order valence-corrected chi connectivity index (χ4v) is 3.67. The van der Waals surface area contributed by atoms with E-state index in [1.807, 2.05) is 36.4 Å². The average Bonchev–Trinajstić information content (AvgIpc) is 3.21. The van der Waals surface area contributed by atoms with Crippen LogP contribution in [0.2, 0.25) is 5.02 Å². The number of anilines is 1. The smallest absolute Gasteiger partial charge is 0.130 e. The number of aliphatic hydroxyl groups excluding tert-OH is 2. The Kier molecular flexibility index (Phi) is 8.29. The second kappa shape index (κ2) is 11.1. The van der Waals surface area contributed by atoms with Gasteiger partial charge in [-0.3, -0.25) is 4.98 Å². The van der Waals surface area contributed by atoms with E-state index in [4.69, 9.17) is 16.3 Å². The molecule has 0 radical (unpaired) electrons. The summed E-state index contributed by atoms with van der Waals surface area (Å²) in [5.41, 5.74) is 2.96. The van der Waals surface area contributed by atoms with E-state index in [9.17, 15) is 10.2 Å². The van der Waals surface area contributed by atoms with Gasteiger partial charge in [-0.15, -0.1) is 0 Å². The van der Waals surface area contributed by atoms with Gasteiger partial charge in [-0.25, -0.2) is 0 Å². The highest BCUT2D eigenvalue weighted by atomic mass is 35.5. The molecule has 0 amide bonds. The lowest BCUT2D eigenvalue weighted by Gasteiger charge is -2.22. The Labute approximate surface area is 190 Å². The maximum absolute atomic E-state index is 9.73. The first kappa shape index (κ1) is 23.1. The van der Waals surface area contributed by atoms with E-state index in [1.165, 1.54) is 0 Å². The van der Waals surface area contributed by atoms with Gasteiger partial charge >= 0.3 is 0 Å². The largest absolute Gasteiger partial charge is 0.457 e. The predicted octanol–water partition coefficient (Wildman–Crippen LogP) is 5.65. The lowest BCUT2D eigenvalue weighted by molar-refractivity contribution is 0.198. The molecule has 1 aliphatic heterocycles. The van der Waals surface area contributed by atoms with Crippen LogP contribution in [-0.2, 0) is 6.61 Å². The SMILES string of the molecule is CC(C)c1ccccc1Oc1ccc(N2CC[C@H](O)C2)c(CO)c1.Clc1cccnc1.[HH]. The first-order valence-electron chi connectivity index (χ1n) is 10.5. The van der Waals surface area contributed by atoms with Crippen molar-refractivity contribution in [2.45, 2.75) is 38.9 Å². The van der Waals surface area contributed by atoms with Crippen molar-refractivity contribution in [2.24, 2.45) is 0 Å². The lowest BCUT2D eigenvalue weighted by Crippen LogP contribution is -2.22. The number of halogens is 1. The first-order chi connectivity index (χ1) is 15.0. The van der Waals surface area contributed by atoms with Crippen LogP contribution in [-0.4, -0.2) is 34.4 Å². The minimum absolute atomic E-state index is 0. The highest BCUT2D eigenvalue weighted by Gasteiger charge is 2.22. The third-order valence-corrected chi connectivity index (χ3v) is 5.34. The van der Waals surface area contributed by atoms with Gasteiger partial charge < -0.3 is 19.8 Å². The number of ether oxygens (including phenoxy) is 1. The predicted molar refractivity (Wildman–Crippen MR) is 127 cm³/mol. The Morgan fingerprint density at radius 3 is 2.58 bits per heavy atom. The second-order valence-electron chi connectivity index (χ2n) is 7.80. The molecule has 166 valence electrons. The van der Waals surface area contributed by atoms with Crippen molar-refractivity contribution in [1.82, 2.24) is 4.98 Å². The topological polar surface area (TPSA) is 65.8 Å². The van der Waals surface area contributed by atoms with Crippen LogP contribution in [0.25, 0.3) is 0 Å². The van der Waals surface area contributed by atoms with Crippen molar-refractivity contribution in [2.75, 3.05) is 18.0 Å². The number of para-hydroxylation sites is 1. The van der Waals surface area contributed by atoms with Crippen molar-refractivity contribution in [3.05, 3.63) is 83.1 Å². The maximum Gasteiger partial charge on any atom is 0.130 e. The van der Waals surface area contributed by atoms with Crippen LogP contribution in [0.4, 0.5) is 5.69 Å². The van der Waals surface area contributed by atoms with E-state index in [-0.39, 0.29) is 14.1 Å². The van der Waals surface area contributed by atoms with E-state index in [0.29, 0.717) is 17.5 Å². The van der Waals surface area contributed by atoms with Gasteiger partial charge in [0.1, 0.15) is 11.5 Å². The number of pyridine rings is 1. The molecule has 1 atom stereocenters. The highest BCUT2D eigenvalue weighted by Crippen LogP contribution is 2.33. The molecule has 1 aliphatic rings. The van der Waals surface area contributed by atoms with Crippen LogP contribution in [0.5, 0.6) is 11.5 Å². The lowest BCUT2D eigenvalue weighted by atomic mass is 10.0. The molecule has 0 bridgehead atoms. The van der Waals surface area contributed by atoms with Gasteiger partial charge in [0.15, 0.2) is 0 Å². The van der Waals surface area contributed by atoms with Gasteiger partial charge in [0.25, 0.3) is 0 Å². The van der Waals surface area contributed by atoms with Gasteiger partial charge in [0.05, 0.1) is 17.7 Å². The molecule has 5 nitrogen and oxygen atoms in total. The van der Waals surface area contributed by atoms with E-state index >= 15 is 0 Å². The number of nitrogens with zero attached hydrogens (tertiary/aromatic N) is 2. The van der Waals surface area contributed by atoms with Crippen molar-refractivity contribution >= 4 is 17.3 Å². The molecule has 2 aromatic carbocycles. The van der Waals surface area contributed by atoms with Gasteiger partial charge in [0.2, 0.25) is 0 Å². The van der Waals surface area contributed by atoms with Crippen LogP contribution in [0.15, 0.2) is 67.0 Å². The number of hydrogen-bond donors (Lipinski definition) is 2. The summed E-state index contributed by atoms with van der Waals surface area (Å²) in [5, 5.41) is 20.1. The minimum atomic E-state index is -0.287. The molecule has 2 N–H and O–H groups in total. The van der Waals surface area contributed by atoms with Gasteiger partial charge in [0, 0.05) is 38.2 Å². The number of aromatic nitrogens is 1. The van der Waals surface area contributed by atoms with E-state index in [2.05, 4.69) is 29.8 Å². The molecule has 31 heavy (non-hydrogen) atoms. The molecule has 0 aliphatic carbocycles. The van der Waals surface area contributed by atoms with Gasteiger partial charge in [-0.1, -0.05) is 43.6 Å². The summed E-state index contributed by atoms with van der Waals surface area (Å²) in [6.07, 6.45) is 3.77. The Bertz CT molecular complexity index is 972. The zero-order valence-electron chi connectivity index (χ0n) is 17.9. The maximum atomic E-state index is 9.73.